The van der Waals surface area contributed by atoms with E-state index in [1.54, 1.807) is 0 Å². The smallest absolute Gasteiger partial charge is 0.462 e. The lowest BCUT2D eigenvalue weighted by Gasteiger charge is -2.21. The predicted octanol–water partition coefficient (Wildman–Crippen LogP) is 20.0. The predicted molar refractivity (Wildman–Crippen MR) is 358 cm³/mol. The van der Waals surface area contributed by atoms with Gasteiger partial charge >= 0.3 is 39.5 Å². The molecule has 0 rings (SSSR count). The first kappa shape index (κ1) is 87.1. The SMILES string of the molecule is CCCCCCCCCCCCCCCCCCCCCCC(=O)O[C@H](COC(=O)CCCCCCCCC(C)CC)COP(=O)(O)OC[C@@H](O)COP(=O)(O)OC[C@@H](COC(=O)CCCCCCCCC(C)C)OC(=O)CCCCCCCCCCCC. The van der Waals surface area contributed by atoms with E-state index in [2.05, 4.69) is 41.5 Å². The van der Waals surface area contributed by atoms with Crippen molar-refractivity contribution in [1.82, 2.24) is 0 Å². The number of unbranched alkanes of at least 4 members (excludes halogenated alkanes) is 38. The number of esters is 4. The molecule has 19 heteroatoms. The van der Waals surface area contributed by atoms with E-state index < -0.39 is 97.5 Å². The zero-order valence-electron chi connectivity index (χ0n) is 57.7. The molecule has 0 aromatic heterocycles. The Kier molecular flexibility index (Phi) is 60.8. The van der Waals surface area contributed by atoms with Crippen molar-refractivity contribution in [3.05, 3.63) is 0 Å². The van der Waals surface area contributed by atoms with Crippen LogP contribution in [0, 0.1) is 11.8 Å². The Bertz CT molecular complexity index is 1740. The van der Waals surface area contributed by atoms with Gasteiger partial charge in [0.2, 0.25) is 0 Å². The maximum absolute atomic E-state index is 13.0. The number of aliphatic hydroxyl groups excluding tert-OH is 1. The van der Waals surface area contributed by atoms with Crippen LogP contribution in [0.15, 0.2) is 0 Å². The Morgan fingerprint density at radius 1 is 0.326 bits per heavy atom. The third kappa shape index (κ3) is 63.2. The Morgan fingerprint density at radius 2 is 0.573 bits per heavy atom. The van der Waals surface area contributed by atoms with Crippen LogP contribution < -0.4 is 0 Å². The Balaban J connectivity index is 5.16. The summed E-state index contributed by atoms with van der Waals surface area (Å²) in [7, 11) is -9.90. The van der Waals surface area contributed by atoms with E-state index >= 15 is 0 Å². The molecule has 0 heterocycles. The minimum Gasteiger partial charge on any atom is -0.462 e. The quantitative estimate of drug-likeness (QED) is 0.0222. The highest BCUT2D eigenvalue weighted by molar-refractivity contribution is 7.47. The van der Waals surface area contributed by atoms with Crippen molar-refractivity contribution in [3.8, 4) is 0 Å². The number of carbonyl (C=O) groups is 4. The number of hydrogen-bond acceptors (Lipinski definition) is 15. The number of ether oxygens (including phenoxy) is 4. The Labute approximate surface area is 543 Å². The number of rotatable bonds is 69. The van der Waals surface area contributed by atoms with Gasteiger partial charge in [-0.05, 0) is 37.5 Å². The van der Waals surface area contributed by atoms with Gasteiger partial charge in [-0.25, -0.2) is 9.13 Å². The van der Waals surface area contributed by atoms with Gasteiger partial charge in [0.15, 0.2) is 12.2 Å². The molecule has 0 saturated heterocycles. The summed E-state index contributed by atoms with van der Waals surface area (Å²) in [5.74, 6) is -0.719. The number of hydrogen-bond donors (Lipinski definition) is 3. The molecule has 17 nitrogen and oxygen atoms in total. The molecule has 0 amide bonds. The van der Waals surface area contributed by atoms with E-state index in [0.29, 0.717) is 31.6 Å². The van der Waals surface area contributed by atoms with E-state index in [4.69, 9.17) is 37.0 Å². The summed E-state index contributed by atoms with van der Waals surface area (Å²) in [6, 6.07) is 0. The molecule has 6 atom stereocenters. The van der Waals surface area contributed by atoms with Crippen LogP contribution in [0.5, 0.6) is 0 Å². The summed E-state index contributed by atoms with van der Waals surface area (Å²) < 4.78 is 68.2. The second-order valence-corrected chi connectivity index (χ2v) is 28.9. The molecular formula is C70H136O17P2. The van der Waals surface area contributed by atoms with Gasteiger partial charge in [-0.1, -0.05) is 305 Å². The molecule has 0 spiro atoms. The molecule has 0 saturated carbocycles. The first-order valence-corrected chi connectivity index (χ1v) is 39.5. The summed E-state index contributed by atoms with van der Waals surface area (Å²) in [6.07, 6.45) is 47.5. The fourth-order valence-electron chi connectivity index (χ4n) is 10.6. The van der Waals surface area contributed by atoms with Crippen LogP contribution in [0.1, 0.15) is 356 Å². The molecule has 3 unspecified atom stereocenters. The van der Waals surface area contributed by atoms with Crippen molar-refractivity contribution < 1.29 is 80.2 Å². The van der Waals surface area contributed by atoms with Gasteiger partial charge in [0.05, 0.1) is 26.4 Å². The molecule has 0 aromatic rings. The number of aliphatic hydroxyl groups is 1. The molecule has 0 aliphatic heterocycles. The van der Waals surface area contributed by atoms with E-state index in [9.17, 15) is 43.2 Å². The second-order valence-electron chi connectivity index (χ2n) is 26.0. The van der Waals surface area contributed by atoms with Crippen molar-refractivity contribution >= 4 is 39.5 Å². The minimum atomic E-state index is -4.95. The highest BCUT2D eigenvalue weighted by Crippen LogP contribution is 2.45. The van der Waals surface area contributed by atoms with Crippen LogP contribution >= 0.6 is 15.6 Å². The molecule has 0 bridgehead atoms. The largest absolute Gasteiger partial charge is 0.472 e. The van der Waals surface area contributed by atoms with Crippen LogP contribution in [0.3, 0.4) is 0 Å². The summed E-state index contributed by atoms with van der Waals surface area (Å²) in [5, 5.41) is 10.6. The first-order chi connectivity index (χ1) is 42.9. The van der Waals surface area contributed by atoms with Crippen molar-refractivity contribution in [2.45, 2.75) is 374 Å². The second kappa shape index (κ2) is 62.2. The summed E-state index contributed by atoms with van der Waals surface area (Å²) in [5.41, 5.74) is 0. The van der Waals surface area contributed by atoms with E-state index in [1.165, 1.54) is 161 Å². The average molecular weight is 1310 g/mol. The molecule has 0 aromatic carbocycles. The van der Waals surface area contributed by atoms with E-state index in [-0.39, 0.29) is 25.7 Å². The molecular weight excluding hydrogens is 1170 g/mol. The lowest BCUT2D eigenvalue weighted by atomic mass is 10.00. The molecule has 0 fully saturated rings. The van der Waals surface area contributed by atoms with Gasteiger partial charge < -0.3 is 33.8 Å². The first-order valence-electron chi connectivity index (χ1n) is 36.5. The molecule has 89 heavy (non-hydrogen) atoms. The zero-order chi connectivity index (χ0) is 65.7. The summed E-state index contributed by atoms with van der Waals surface area (Å²) in [4.78, 5) is 72.4. The van der Waals surface area contributed by atoms with Gasteiger partial charge in [0, 0.05) is 25.7 Å². The normalized spacial score (nSPS) is 14.4. The molecule has 3 N–H and O–H groups in total. The fourth-order valence-corrected chi connectivity index (χ4v) is 12.1. The maximum Gasteiger partial charge on any atom is 0.472 e. The Morgan fingerprint density at radius 3 is 0.854 bits per heavy atom. The highest BCUT2D eigenvalue weighted by Gasteiger charge is 2.30. The topological polar surface area (TPSA) is 237 Å². The third-order valence-corrected chi connectivity index (χ3v) is 18.5. The lowest BCUT2D eigenvalue weighted by molar-refractivity contribution is -0.161. The maximum atomic E-state index is 13.0. The highest BCUT2D eigenvalue weighted by atomic mass is 31.2. The lowest BCUT2D eigenvalue weighted by Crippen LogP contribution is -2.30. The molecule has 0 aliphatic carbocycles. The van der Waals surface area contributed by atoms with Crippen LogP contribution in [-0.4, -0.2) is 96.7 Å². The minimum absolute atomic E-state index is 0.105. The van der Waals surface area contributed by atoms with E-state index in [1.807, 2.05) is 0 Å². The standard InChI is InChI=1S/C70H136O17P2/c1-7-10-12-14-16-18-20-21-22-23-24-25-26-27-28-29-31-33-43-49-55-70(75)87-66(59-81-68(73)53-47-41-37-35-39-45-51-63(6)9-3)61-85-89(78,79)83-57-64(71)56-82-88(76,77)84-60-65(58-80-67(72)52-46-40-36-34-38-44-50-62(4)5)86-69(74)54-48-42-32-30-19-17-15-13-11-8-2/h62-66,71H,7-61H2,1-6H3,(H,76,77)(H,78,79)/t63?,64-,65+,66+/m0/s1. The fraction of sp³-hybridized carbons (Fsp3) is 0.943. The average Bonchev–Trinajstić information content (AvgIpc) is 3.71. The van der Waals surface area contributed by atoms with Gasteiger partial charge in [0.25, 0.3) is 0 Å². The van der Waals surface area contributed by atoms with Crippen LogP contribution in [0.25, 0.3) is 0 Å². The number of carbonyl (C=O) groups excluding carboxylic acids is 4. The van der Waals surface area contributed by atoms with Crippen LogP contribution in [0.4, 0.5) is 0 Å². The van der Waals surface area contributed by atoms with Crippen molar-refractivity contribution in [1.29, 1.82) is 0 Å². The van der Waals surface area contributed by atoms with Crippen molar-refractivity contribution in [2.75, 3.05) is 39.6 Å². The monoisotopic (exact) mass is 1310 g/mol. The number of phosphoric acid groups is 2. The van der Waals surface area contributed by atoms with Gasteiger partial charge in [-0.2, -0.15) is 0 Å². The molecule has 0 aliphatic rings. The van der Waals surface area contributed by atoms with Gasteiger partial charge in [-0.3, -0.25) is 37.3 Å². The summed E-state index contributed by atoms with van der Waals surface area (Å²) >= 11 is 0. The van der Waals surface area contributed by atoms with Crippen LogP contribution in [-0.2, 0) is 65.4 Å². The van der Waals surface area contributed by atoms with Gasteiger partial charge in [0.1, 0.15) is 19.3 Å². The molecule has 0 radical (unpaired) electrons. The summed E-state index contributed by atoms with van der Waals surface area (Å²) in [6.45, 7) is 9.41. The Hall–Kier alpha value is -1.94. The van der Waals surface area contributed by atoms with Crippen molar-refractivity contribution in [2.24, 2.45) is 11.8 Å². The molecule has 528 valence electrons. The number of phosphoric ester groups is 2. The zero-order valence-corrected chi connectivity index (χ0v) is 59.5. The van der Waals surface area contributed by atoms with Gasteiger partial charge in [-0.15, -0.1) is 0 Å². The van der Waals surface area contributed by atoms with Crippen molar-refractivity contribution in [3.63, 3.8) is 0 Å². The van der Waals surface area contributed by atoms with E-state index in [0.717, 1.165) is 109 Å². The third-order valence-electron chi connectivity index (χ3n) is 16.6. The van der Waals surface area contributed by atoms with Crippen LogP contribution in [0.2, 0.25) is 0 Å².